The number of fused-ring (bicyclic) bond motifs is 1. The quantitative estimate of drug-likeness (QED) is 0.840. The number of aromatic nitrogens is 2. The number of benzene rings is 1. The fourth-order valence-corrected chi connectivity index (χ4v) is 2.65. The molecule has 8 heteroatoms. The van der Waals surface area contributed by atoms with E-state index in [1.807, 2.05) is 24.3 Å². The van der Waals surface area contributed by atoms with E-state index in [-0.39, 0.29) is 0 Å². The summed E-state index contributed by atoms with van der Waals surface area (Å²) in [6.45, 7) is 0.331. The Bertz CT molecular complexity index is 830. The highest BCUT2D eigenvalue weighted by Crippen LogP contribution is 2.26. The van der Waals surface area contributed by atoms with Gasteiger partial charge in [-0.25, -0.2) is 4.68 Å². The monoisotopic (exact) mass is 337 g/mol. The third-order valence-corrected chi connectivity index (χ3v) is 3.93. The Morgan fingerprint density at radius 1 is 1.12 bits per heavy atom. The van der Waals surface area contributed by atoms with Gasteiger partial charge in [0.05, 0.1) is 0 Å². The van der Waals surface area contributed by atoms with Crippen LogP contribution >= 0.6 is 0 Å². The molecule has 0 radical (unpaired) electrons. The van der Waals surface area contributed by atoms with Crippen LogP contribution in [-0.2, 0) is 30.5 Å². The van der Waals surface area contributed by atoms with Gasteiger partial charge >= 0.3 is 6.18 Å². The molecule has 0 N–H and O–H groups in total. The molecule has 2 heterocycles. The van der Waals surface area contributed by atoms with E-state index in [9.17, 15) is 22.8 Å². The number of carbonyl (C=O) groups excluding carboxylic acids is 1. The standard InChI is InChI=1S/C16H14F3N3O2/c17-16(18,19)13-5-6-14(23)22(20-13)10-15(24)21-8-7-11-3-1-2-4-12(11)9-21/h1-6H,7-10H2. The van der Waals surface area contributed by atoms with E-state index in [1.165, 1.54) is 4.90 Å². The van der Waals surface area contributed by atoms with Crippen molar-refractivity contribution in [2.45, 2.75) is 25.7 Å². The van der Waals surface area contributed by atoms with Crippen LogP contribution in [-0.4, -0.2) is 27.1 Å². The van der Waals surface area contributed by atoms with Gasteiger partial charge in [-0.3, -0.25) is 9.59 Å². The number of hydrogen-bond donors (Lipinski definition) is 0. The average molecular weight is 337 g/mol. The zero-order valence-corrected chi connectivity index (χ0v) is 12.6. The first kappa shape index (κ1) is 16.2. The normalized spacial score (nSPS) is 14.4. The molecule has 0 aliphatic carbocycles. The van der Waals surface area contributed by atoms with Crippen molar-refractivity contribution < 1.29 is 18.0 Å². The first-order valence-corrected chi connectivity index (χ1v) is 7.34. The van der Waals surface area contributed by atoms with E-state index in [1.54, 1.807) is 0 Å². The minimum Gasteiger partial charge on any atom is -0.336 e. The van der Waals surface area contributed by atoms with Crippen molar-refractivity contribution in [1.29, 1.82) is 0 Å². The van der Waals surface area contributed by atoms with Gasteiger partial charge in [0.25, 0.3) is 5.56 Å². The number of rotatable bonds is 2. The van der Waals surface area contributed by atoms with Crippen LogP contribution in [0.2, 0.25) is 0 Å². The van der Waals surface area contributed by atoms with Gasteiger partial charge in [0.1, 0.15) is 6.54 Å². The summed E-state index contributed by atoms with van der Waals surface area (Å²) in [5, 5.41) is 3.25. The van der Waals surface area contributed by atoms with Crippen molar-refractivity contribution in [3.8, 4) is 0 Å². The summed E-state index contributed by atoms with van der Waals surface area (Å²) in [6.07, 6.45) is -3.99. The third kappa shape index (κ3) is 3.32. The molecule has 0 spiro atoms. The summed E-state index contributed by atoms with van der Waals surface area (Å²) < 4.78 is 38.6. The molecular weight excluding hydrogens is 323 g/mol. The van der Waals surface area contributed by atoms with E-state index >= 15 is 0 Å². The highest BCUT2D eigenvalue weighted by atomic mass is 19.4. The lowest BCUT2D eigenvalue weighted by molar-refractivity contribution is -0.143. The molecule has 24 heavy (non-hydrogen) atoms. The number of amides is 1. The second-order valence-electron chi connectivity index (χ2n) is 5.55. The van der Waals surface area contributed by atoms with Crippen LogP contribution in [0.15, 0.2) is 41.2 Å². The summed E-state index contributed by atoms with van der Waals surface area (Å²) in [7, 11) is 0. The molecule has 3 rings (SSSR count). The first-order valence-electron chi connectivity index (χ1n) is 7.34. The molecule has 0 bridgehead atoms. The fourth-order valence-electron chi connectivity index (χ4n) is 2.65. The molecule has 0 unspecified atom stereocenters. The smallest absolute Gasteiger partial charge is 0.336 e. The summed E-state index contributed by atoms with van der Waals surface area (Å²) in [5.41, 5.74) is 0.213. The Morgan fingerprint density at radius 3 is 2.54 bits per heavy atom. The Hall–Kier alpha value is -2.64. The van der Waals surface area contributed by atoms with Crippen LogP contribution in [0.5, 0.6) is 0 Å². The number of carbonyl (C=O) groups is 1. The first-order chi connectivity index (χ1) is 11.3. The van der Waals surface area contributed by atoms with E-state index in [0.29, 0.717) is 30.3 Å². The van der Waals surface area contributed by atoms with Crippen LogP contribution < -0.4 is 5.56 Å². The van der Waals surface area contributed by atoms with Crippen LogP contribution in [0.1, 0.15) is 16.8 Å². The summed E-state index contributed by atoms with van der Waals surface area (Å²) in [5.74, 6) is -0.432. The van der Waals surface area contributed by atoms with Crippen molar-refractivity contribution in [2.75, 3.05) is 6.54 Å². The van der Waals surface area contributed by atoms with Crippen LogP contribution in [0.25, 0.3) is 0 Å². The highest BCUT2D eigenvalue weighted by Gasteiger charge is 2.33. The lowest BCUT2D eigenvalue weighted by Gasteiger charge is -2.29. The predicted octanol–water partition coefficient (Wildman–Crippen LogP) is 1.85. The number of nitrogens with zero attached hydrogens (tertiary/aromatic N) is 3. The Kier molecular flexibility index (Phi) is 4.13. The molecule has 5 nitrogen and oxygen atoms in total. The van der Waals surface area contributed by atoms with Crippen molar-refractivity contribution in [2.24, 2.45) is 0 Å². The van der Waals surface area contributed by atoms with Crippen molar-refractivity contribution >= 4 is 5.91 Å². The molecule has 1 aromatic heterocycles. The minimum absolute atomic E-state index is 0.378. The van der Waals surface area contributed by atoms with Gasteiger partial charge in [0.2, 0.25) is 5.91 Å². The molecule has 0 atom stereocenters. The number of alkyl halides is 3. The van der Waals surface area contributed by atoms with E-state index in [2.05, 4.69) is 5.10 Å². The van der Waals surface area contributed by atoms with E-state index in [4.69, 9.17) is 0 Å². The fraction of sp³-hybridized carbons (Fsp3) is 0.312. The minimum atomic E-state index is -4.66. The summed E-state index contributed by atoms with van der Waals surface area (Å²) in [4.78, 5) is 25.5. The van der Waals surface area contributed by atoms with Crippen LogP contribution in [0.4, 0.5) is 13.2 Å². The largest absolute Gasteiger partial charge is 0.435 e. The average Bonchev–Trinajstić information content (AvgIpc) is 2.55. The summed E-state index contributed by atoms with van der Waals surface area (Å²) >= 11 is 0. The molecule has 0 saturated heterocycles. The molecule has 1 aliphatic rings. The SMILES string of the molecule is O=C(Cn1nc(C(F)(F)F)ccc1=O)N1CCc2ccccc2C1. The molecular formula is C16H14F3N3O2. The molecule has 1 aromatic carbocycles. The van der Waals surface area contributed by atoms with Crippen LogP contribution in [0, 0.1) is 0 Å². The predicted molar refractivity (Wildman–Crippen MR) is 79.1 cm³/mol. The molecule has 0 saturated carbocycles. The topological polar surface area (TPSA) is 55.2 Å². The van der Waals surface area contributed by atoms with Gasteiger partial charge in [-0.15, -0.1) is 0 Å². The maximum atomic E-state index is 12.7. The molecule has 126 valence electrons. The lowest BCUT2D eigenvalue weighted by atomic mass is 10.00. The second kappa shape index (κ2) is 6.10. The lowest BCUT2D eigenvalue weighted by Crippen LogP contribution is -2.40. The van der Waals surface area contributed by atoms with Gasteiger partial charge in [0.15, 0.2) is 5.69 Å². The van der Waals surface area contributed by atoms with Crippen molar-refractivity contribution in [3.63, 3.8) is 0 Å². The molecule has 1 aliphatic heterocycles. The van der Waals surface area contributed by atoms with Gasteiger partial charge in [-0.05, 0) is 23.6 Å². The Labute approximate surface area is 135 Å². The van der Waals surface area contributed by atoms with Crippen LogP contribution in [0.3, 0.4) is 0 Å². The Balaban J connectivity index is 1.77. The summed E-state index contributed by atoms with van der Waals surface area (Å²) in [6, 6.07) is 9.06. The molecule has 2 aromatic rings. The zero-order chi connectivity index (χ0) is 17.3. The van der Waals surface area contributed by atoms with E-state index in [0.717, 1.165) is 17.2 Å². The Morgan fingerprint density at radius 2 is 1.83 bits per heavy atom. The third-order valence-electron chi connectivity index (χ3n) is 3.93. The van der Waals surface area contributed by atoms with Gasteiger partial charge in [-0.2, -0.15) is 18.3 Å². The van der Waals surface area contributed by atoms with E-state index < -0.39 is 29.9 Å². The number of halogens is 3. The van der Waals surface area contributed by atoms with Gasteiger partial charge in [-0.1, -0.05) is 24.3 Å². The van der Waals surface area contributed by atoms with Gasteiger partial charge < -0.3 is 4.90 Å². The van der Waals surface area contributed by atoms with Gasteiger partial charge in [0, 0.05) is 19.2 Å². The maximum absolute atomic E-state index is 12.7. The number of hydrogen-bond acceptors (Lipinski definition) is 3. The highest BCUT2D eigenvalue weighted by molar-refractivity contribution is 5.76. The second-order valence-corrected chi connectivity index (χ2v) is 5.55. The maximum Gasteiger partial charge on any atom is 0.435 e. The van der Waals surface area contributed by atoms with Crippen molar-refractivity contribution in [1.82, 2.24) is 14.7 Å². The molecule has 0 fully saturated rings. The van der Waals surface area contributed by atoms with Crippen molar-refractivity contribution in [3.05, 3.63) is 63.6 Å². The zero-order valence-electron chi connectivity index (χ0n) is 12.6. The molecule has 1 amide bonds.